The number of pyridine rings is 2. The fourth-order valence-electron chi connectivity index (χ4n) is 3.13. The van der Waals surface area contributed by atoms with E-state index in [2.05, 4.69) is 44.3 Å². The van der Waals surface area contributed by atoms with Gasteiger partial charge >= 0.3 is 0 Å². The van der Waals surface area contributed by atoms with Crippen LogP contribution >= 0.6 is 24.2 Å². The first-order valence-corrected chi connectivity index (χ1v) is 11.3. The molecule has 4 heterocycles. The normalized spacial score (nSPS) is 13.0. The fourth-order valence-corrected chi connectivity index (χ4v) is 4.41. The first kappa shape index (κ1) is 21.5. The van der Waals surface area contributed by atoms with E-state index in [1.165, 1.54) is 19.3 Å². The maximum atomic E-state index is 4.85. The molecule has 0 spiro atoms. The molecule has 0 aliphatic carbocycles. The van der Waals surface area contributed by atoms with Gasteiger partial charge in [-0.1, -0.05) is 52.5 Å². The van der Waals surface area contributed by atoms with Crippen LogP contribution in [0.25, 0.3) is 26.7 Å². The minimum absolute atomic E-state index is 0.862. The van der Waals surface area contributed by atoms with Gasteiger partial charge in [-0.15, -0.1) is 11.3 Å². The number of anilines is 1. The van der Waals surface area contributed by atoms with Crippen molar-refractivity contribution in [1.82, 2.24) is 15.0 Å². The van der Waals surface area contributed by atoms with Crippen LogP contribution in [0.1, 0.15) is 50.9 Å². The Morgan fingerprint density at radius 3 is 2.62 bits per heavy atom. The molecule has 1 aliphatic rings. The molecule has 0 N–H and O–H groups in total. The molecule has 0 radical (unpaired) electrons. The van der Waals surface area contributed by atoms with Gasteiger partial charge in [0.05, 0.1) is 27.6 Å². The summed E-state index contributed by atoms with van der Waals surface area (Å²) in [7, 11) is 0. The van der Waals surface area contributed by atoms with E-state index < -0.39 is 0 Å². The predicted molar refractivity (Wildman–Crippen MR) is 128 cm³/mol. The van der Waals surface area contributed by atoms with Crippen LogP contribution in [0.4, 0.5) is 5.69 Å². The zero-order valence-electron chi connectivity index (χ0n) is 17.4. The molecular formula is C23H28N4S2. The molecule has 1 aliphatic heterocycles. The highest BCUT2D eigenvalue weighted by Gasteiger charge is 2.21. The molecule has 0 amide bonds. The summed E-state index contributed by atoms with van der Waals surface area (Å²) in [6.45, 7) is 11.5. The van der Waals surface area contributed by atoms with Crippen LogP contribution in [-0.4, -0.2) is 21.5 Å². The van der Waals surface area contributed by atoms with Gasteiger partial charge < -0.3 is 4.31 Å². The van der Waals surface area contributed by atoms with Gasteiger partial charge in [0, 0.05) is 24.5 Å². The largest absolute Gasteiger partial charge is 0.316 e. The summed E-state index contributed by atoms with van der Waals surface area (Å²) in [6, 6.07) is 8.05. The topological polar surface area (TPSA) is 41.9 Å². The number of aryl methyl sites for hydroxylation is 1. The first-order chi connectivity index (χ1) is 14.0. The van der Waals surface area contributed by atoms with E-state index in [0.29, 0.717) is 0 Å². The van der Waals surface area contributed by atoms with E-state index in [-0.39, 0.29) is 0 Å². The Kier molecular flexibility index (Phi) is 7.45. The van der Waals surface area contributed by atoms with Crippen LogP contribution in [0.2, 0.25) is 0 Å². The van der Waals surface area contributed by atoms with Gasteiger partial charge in [-0.25, -0.2) is 9.97 Å². The van der Waals surface area contributed by atoms with Gasteiger partial charge in [0.25, 0.3) is 0 Å². The van der Waals surface area contributed by atoms with Gasteiger partial charge in [0.15, 0.2) is 0 Å². The van der Waals surface area contributed by atoms with Gasteiger partial charge in [-0.2, -0.15) is 0 Å². The lowest BCUT2D eigenvalue weighted by atomic mass is 10.0. The fraction of sp³-hybridized carbons (Fsp3) is 0.348. The van der Waals surface area contributed by atoms with Crippen molar-refractivity contribution >= 4 is 35.4 Å². The van der Waals surface area contributed by atoms with E-state index in [4.69, 9.17) is 9.97 Å². The zero-order chi connectivity index (χ0) is 20.8. The summed E-state index contributed by atoms with van der Waals surface area (Å²) in [5.74, 6) is 0. The highest BCUT2D eigenvalue weighted by molar-refractivity contribution is 7.81. The quantitative estimate of drug-likeness (QED) is 0.466. The van der Waals surface area contributed by atoms with Crippen molar-refractivity contribution < 1.29 is 0 Å². The summed E-state index contributed by atoms with van der Waals surface area (Å²) in [4.78, 5) is 14.8. The molecule has 0 atom stereocenters. The second-order valence-corrected chi connectivity index (χ2v) is 8.55. The second-order valence-electron chi connectivity index (χ2n) is 7.07. The minimum Gasteiger partial charge on any atom is -0.316 e. The average molecular weight is 425 g/mol. The Morgan fingerprint density at radius 1 is 1.17 bits per heavy atom. The van der Waals surface area contributed by atoms with Crippen molar-refractivity contribution in [3.8, 4) is 21.1 Å². The molecule has 0 saturated heterocycles. The number of thiazole rings is 1. The molecule has 4 nitrogen and oxygen atoms in total. The van der Waals surface area contributed by atoms with Gasteiger partial charge in [-0.3, -0.25) is 4.98 Å². The summed E-state index contributed by atoms with van der Waals surface area (Å²) in [5.41, 5.74) is 5.96. The molecule has 152 valence electrons. The summed E-state index contributed by atoms with van der Waals surface area (Å²) in [6.07, 6.45) is 8.57. The summed E-state index contributed by atoms with van der Waals surface area (Å²) < 4.78 is 1.93. The van der Waals surface area contributed by atoms with E-state index in [0.717, 1.165) is 56.8 Å². The second kappa shape index (κ2) is 10.0. The Bertz CT molecular complexity index is 964. The van der Waals surface area contributed by atoms with Crippen molar-refractivity contribution in [2.24, 2.45) is 0 Å². The van der Waals surface area contributed by atoms with Crippen molar-refractivity contribution in [2.45, 2.75) is 46.5 Å². The van der Waals surface area contributed by atoms with Gasteiger partial charge in [0.1, 0.15) is 5.01 Å². The number of thiol groups is 1. The Balaban J connectivity index is 0.000000431. The lowest BCUT2D eigenvalue weighted by Gasteiger charge is -2.26. The first-order valence-electron chi connectivity index (χ1n) is 10.1. The third-order valence-electron chi connectivity index (χ3n) is 4.76. The van der Waals surface area contributed by atoms with Crippen molar-refractivity contribution in [2.75, 3.05) is 10.8 Å². The SMILES string of the molecule is C=C1CCN(S)c2ccc(-c3sc(-c4cccnc4)nc3C)nc21.CCCCC. The molecule has 29 heavy (non-hydrogen) atoms. The molecule has 3 aromatic rings. The Labute approximate surface area is 183 Å². The lowest BCUT2D eigenvalue weighted by molar-refractivity contribution is 0.772. The summed E-state index contributed by atoms with van der Waals surface area (Å²) >= 11 is 6.15. The third kappa shape index (κ3) is 5.06. The maximum Gasteiger partial charge on any atom is 0.125 e. The molecule has 6 heteroatoms. The smallest absolute Gasteiger partial charge is 0.125 e. The van der Waals surface area contributed by atoms with Gasteiger partial charge in [0.2, 0.25) is 0 Å². The lowest BCUT2D eigenvalue weighted by Crippen LogP contribution is -2.19. The van der Waals surface area contributed by atoms with Crippen LogP contribution in [0, 0.1) is 6.92 Å². The summed E-state index contributed by atoms with van der Waals surface area (Å²) in [5, 5.41) is 0.963. The van der Waals surface area contributed by atoms with Crippen LogP contribution in [-0.2, 0) is 0 Å². The van der Waals surface area contributed by atoms with E-state index in [1.54, 1.807) is 17.5 Å². The number of hydrogen-bond donors (Lipinski definition) is 1. The molecule has 3 aromatic heterocycles. The number of rotatable bonds is 4. The van der Waals surface area contributed by atoms with E-state index in [1.807, 2.05) is 35.6 Å². The number of unbranched alkanes of at least 4 members (excludes halogenated alkanes) is 2. The highest BCUT2D eigenvalue weighted by atomic mass is 32.1. The number of aromatic nitrogens is 3. The monoisotopic (exact) mass is 424 g/mol. The Hall–Kier alpha value is -2.18. The molecule has 0 saturated carbocycles. The molecule has 0 unspecified atom stereocenters. The van der Waals surface area contributed by atoms with Crippen LogP contribution in [0.15, 0.2) is 43.2 Å². The van der Waals surface area contributed by atoms with Crippen molar-refractivity contribution in [1.29, 1.82) is 0 Å². The maximum absolute atomic E-state index is 4.85. The van der Waals surface area contributed by atoms with E-state index >= 15 is 0 Å². The molecule has 0 fully saturated rings. The number of nitrogens with zero attached hydrogens (tertiary/aromatic N) is 4. The highest BCUT2D eigenvalue weighted by Crippen LogP contribution is 2.38. The van der Waals surface area contributed by atoms with Gasteiger partial charge in [-0.05, 0) is 43.2 Å². The molecular weight excluding hydrogens is 396 g/mol. The average Bonchev–Trinajstić information content (AvgIpc) is 3.14. The number of fused-ring (bicyclic) bond motifs is 1. The van der Waals surface area contributed by atoms with E-state index in [9.17, 15) is 0 Å². The molecule has 0 aromatic carbocycles. The zero-order valence-corrected chi connectivity index (χ0v) is 19.1. The number of hydrogen-bond acceptors (Lipinski definition) is 6. The molecule has 4 rings (SSSR count). The van der Waals surface area contributed by atoms with Crippen molar-refractivity contribution in [3.63, 3.8) is 0 Å². The Morgan fingerprint density at radius 2 is 1.97 bits per heavy atom. The van der Waals surface area contributed by atoms with Crippen molar-refractivity contribution in [3.05, 3.63) is 54.6 Å². The molecule has 0 bridgehead atoms. The van der Waals surface area contributed by atoms with Crippen LogP contribution < -0.4 is 4.31 Å². The third-order valence-corrected chi connectivity index (χ3v) is 6.40. The standard InChI is InChI=1S/C18H16N4S2.C5H12/c1-11-7-9-22(23)15-6-5-14(21-16(11)15)17-12(2)20-18(24-17)13-4-3-8-19-10-13;1-3-5-4-2/h3-6,8,10,23H,1,7,9H2,2H3;3-5H2,1-2H3. The van der Waals surface area contributed by atoms with Crippen LogP contribution in [0.5, 0.6) is 0 Å². The minimum atomic E-state index is 0.862. The van der Waals surface area contributed by atoms with Crippen LogP contribution in [0.3, 0.4) is 0 Å². The predicted octanol–water partition coefficient (Wildman–Crippen LogP) is 6.84.